The molecule has 0 fully saturated rings. The van der Waals surface area contributed by atoms with Gasteiger partial charge in [0.05, 0.1) is 24.6 Å². The Labute approximate surface area is 100.0 Å². The van der Waals surface area contributed by atoms with Gasteiger partial charge < -0.3 is 10.1 Å². The number of aryl methyl sites for hydroxylation is 2. The first-order valence-corrected chi connectivity index (χ1v) is 5.47. The van der Waals surface area contributed by atoms with Gasteiger partial charge in [-0.3, -0.25) is 5.10 Å². The summed E-state index contributed by atoms with van der Waals surface area (Å²) in [6.07, 6.45) is 3.68. The summed E-state index contributed by atoms with van der Waals surface area (Å²) in [5.74, 6) is 0.808. The highest BCUT2D eigenvalue weighted by atomic mass is 16.5. The normalized spacial score (nSPS) is 10.8. The Morgan fingerprint density at radius 2 is 2.29 bits per heavy atom. The van der Waals surface area contributed by atoms with Gasteiger partial charge in [-0.05, 0) is 6.92 Å². The molecule has 0 aromatic carbocycles. The summed E-state index contributed by atoms with van der Waals surface area (Å²) in [6, 6.07) is 0. The molecule has 6 nitrogen and oxygen atoms in total. The van der Waals surface area contributed by atoms with Crippen molar-refractivity contribution in [1.82, 2.24) is 25.3 Å². The van der Waals surface area contributed by atoms with E-state index >= 15 is 0 Å². The van der Waals surface area contributed by atoms with Crippen LogP contribution in [-0.4, -0.2) is 27.1 Å². The molecule has 0 spiro atoms. The van der Waals surface area contributed by atoms with E-state index in [9.17, 15) is 0 Å². The van der Waals surface area contributed by atoms with Crippen molar-refractivity contribution in [3.05, 3.63) is 29.2 Å². The number of hydrogen-bond acceptors (Lipinski definition) is 4. The second-order valence-corrected chi connectivity index (χ2v) is 3.91. The Balaban J connectivity index is 1.99. The topological polar surface area (TPSA) is 67.8 Å². The molecule has 2 N–H and O–H groups in total. The first kappa shape index (κ1) is 11.7. The molecule has 0 radical (unpaired) electrons. The van der Waals surface area contributed by atoms with Crippen LogP contribution in [0.5, 0.6) is 5.88 Å². The first-order valence-electron chi connectivity index (χ1n) is 5.47. The average Bonchev–Trinajstić information content (AvgIpc) is 2.88. The molecule has 0 saturated heterocycles. The van der Waals surface area contributed by atoms with Gasteiger partial charge in [-0.15, -0.1) is 0 Å². The minimum atomic E-state index is 0.730. The highest BCUT2D eigenvalue weighted by Crippen LogP contribution is 2.20. The smallest absolute Gasteiger partial charge is 0.216 e. The van der Waals surface area contributed by atoms with Crippen LogP contribution < -0.4 is 10.1 Å². The van der Waals surface area contributed by atoms with E-state index in [1.165, 1.54) is 0 Å². The van der Waals surface area contributed by atoms with E-state index in [-0.39, 0.29) is 0 Å². The molecule has 0 unspecified atom stereocenters. The summed E-state index contributed by atoms with van der Waals surface area (Å²) < 4.78 is 7.08. The van der Waals surface area contributed by atoms with E-state index in [0.717, 1.165) is 35.8 Å². The molecule has 0 aliphatic rings. The number of H-pyrrole nitrogens is 1. The highest BCUT2D eigenvalue weighted by molar-refractivity contribution is 5.30. The van der Waals surface area contributed by atoms with Gasteiger partial charge >= 0.3 is 0 Å². The van der Waals surface area contributed by atoms with E-state index in [1.54, 1.807) is 18.0 Å². The molecular weight excluding hydrogens is 218 g/mol. The minimum absolute atomic E-state index is 0.730. The lowest BCUT2D eigenvalue weighted by Crippen LogP contribution is -2.13. The zero-order valence-corrected chi connectivity index (χ0v) is 10.3. The number of aromatic amines is 1. The van der Waals surface area contributed by atoms with Gasteiger partial charge in [0.15, 0.2) is 0 Å². The predicted octanol–water partition coefficient (Wildman–Crippen LogP) is 0.750. The molecule has 6 heteroatoms. The quantitative estimate of drug-likeness (QED) is 0.802. The third kappa shape index (κ3) is 2.47. The Morgan fingerprint density at radius 3 is 2.94 bits per heavy atom. The fourth-order valence-electron chi connectivity index (χ4n) is 1.85. The van der Waals surface area contributed by atoms with Gasteiger partial charge in [-0.25, -0.2) is 4.68 Å². The Hall–Kier alpha value is -1.82. The fourth-order valence-corrected chi connectivity index (χ4v) is 1.85. The summed E-state index contributed by atoms with van der Waals surface area (Å²) >= 11 is 0. The average molecular weight is 235 g/mol. The lowest BCUT2D eigenvalue weighted by atomic mass is 10.2. The van der Waals surface area contributed by atoms with E-state index in [2.05, 4.69) is 20.6 Å². The van der Waals surface area contributed by atoms with Crippen molar-refractivity contribution in [2.24, 2.45) is 7.05 Å². The van der Waals surface area contributed by atoms with Crippen LogP contribution in [0.3, 0.4) is 0 Å². The molecule has 0 saturated carbocycles. The summed E-state index contributed by atoms with van der Waals surface area (Å²) in [7, 11) is 3.54. The van der Waals surface area contributed by atoms with Crippen molar-refractivity contribution in [3.8, 4) is 5.88 Å². The third-order valence-electron chi connectivity index (χ3n) is 2.67. The maximum absolute atomic E-state index is 5.33. The van der Waals surface area contributed by atoms with Gasteiger partial charge in [-0.2, -0.15) is 10.2 Å². The van der Waals surface area contributed by atoms with Gasteiger partial charge in [0.25, 0.3) is 0 Å². The molecule has 2 heterocycles. The van der Waals surface area contributed by atoms with Crippen molar-refractivity contribution in [1.29, 1.82) is 0 Å². The van der Waals surface area contributed by atoms with Crippen LogP contribution in [0.2, 0.25) is 0 Å². The summed E-state index contributed by atoms with van der Waals surface area (Å²) in [5.41, 5.74) is 3.22. The molecule has 0 amide bonds. The summed E-state index contributed by atoms with van der Waals surface area (Å²) in [5, 5.41) is 14.4. The lowest BCUT2D eigenvalue weighted by molar-refractivity contribution is 0.368. The maximum atomic E-state index is 5.33. The van der Waals surface area contributed by atoms with Gasteiger partial charge in [0.1, 0.15) is 0 Å². The van der Waals surface area contributed by atoms with Crippen molar-refractivity contribution < 1.29 is 4.74 Å². The lowest BCUT2D eigenvalue weighted by Gasteiger charge is -2.05. The zero-order valence-electron chi connectivity index (χ0n) is 10.3. The van der Waals surface area contributed by atoms with Crippen molar-refractivity contribution >= 4 is 0 Å². The van der Waals surface area contributed by atoms with E-state index in [4.69, 9.17) is 4.74 Å². The number of aromatic nitrogens is 4. The second-order valence-electron chi connectivity index (χ2n) is 3.91. The number of rotatable bonds is 5. The first-order chi connectivity index (χ1) is 8.22. The standard InChI is InChI=1S/C11H17N5O/c1-8-10(11(17-3)16(2)15-8)7-12-4-9-5-13-14-6-9/h5-6,12H,4,7H2,1-3H3,(H,13,14). The van der Waals surface area contributed by atoms with Crippen molar-refractivity contribution in [2.75, 3.05) is 7.11 Å². The van der Waals surface area contributed by atoms with Crippen molar-refractivity contribution in [3.63, 3.8) is 0 Å². The van der Waals surface area contributed by atoms with E-state index in [0.29, 0.717) is 0 Å². The molecule has 0 bridgehead atoms. The Morgan fingerprint density at radius 1 is 1.47 bits per heavy atom. The summed E-state index contributed by atoms with van der Waals surface area (Å²) in [4.78, 5) is 0. The molecule has 92 valence electrons. The Kier molecular flexibility index (Phi) is 3.43. The van der Waals surface area contributed by atoms with Crippen LogP contribution in [0.4, 0.5) is 0 Å². The van der Waals surface area contributed by atoms with Crippen LogP contribution in [0.15, 0.2) is 12.4 Å². The number of hydrogen-bond donors (Lipinski definition) is 2. The third-order valence-corrected chi connectivity index (χ3v) is 2.67. The fraction of sp³-hybridized carbons (Fsp3) is 0.455. The van der Waals surface area contributed by atoms with Crippen molar-refractivity contribution in [2.45, 2.75) is 20.0 Å². The molecule has 17 heavy (non-hydrogen) atoms. The van der Waals surface area contributed by atoms with Gasteiger partial charge in [0.2, 0.25) is 5.88 Å². The molecule has 0 aliphatic carbocycles. The largest absolute Gasteiger partial charge is 0.481 e. The maximum Gasteiger partial charge on any atom is 0.216 e. The second kappa shape index (κ2) is 5.01. The summed E-state index contributed by atoms with van der Waals surface area (Å²) in [6.45, 7) is 3.49. The van der Waals surface area contributed by atoms with E-state index < -0.39 is 0 Å². The molecular formula is C11H17N5O. The molecule has 2 rings (SSSR count). The number of ether oxygens (including phenoxy) is 1. The predicted molar refractivity (Wildman–Crippen MR) is 63.6 cm³/mol. The number of methoxy groups -OCH3 is 1. The van der Waals surface area contributed by atoms with Crippen LogP contribution in [-0.2, 0) is 20.1 Å². The van der Waals surface area contributed by atoms with Crippen LogP contribution >= 0.6 is 0 Å². The monoisotopic (exact) mass is 235 g/mol. The number of nitrogens with zero attached hydrogens (tertiary/aromatic N) is 3. The Bertz CT molecular complexity index is 474. The molecule has 2 aromatic rings. The minimum Gasteiger partial charge on any atom is -0.481 e. The SMILES string of the molecule is COc1c(CNCc2cn[nH]c2)c(C)nn1C. The zero-order chi connectivity index (χ0) is 12.3. The van der Waals surface area contributed by atoms with E-state index in [1.807, 2.05) is 20.2 Å². The number of nitrogens with one attached hydrogen (secondary N) is 2. The van der Waals surface area contributed by atoms with Crippen LogP contribution in [0.1, 0.15) is 16.8 Å². The molecule has 2 aromatic heterocycles. The highest BCUT2D eigenvalue weighted by Gasteiger charge is 2.12. The molecule has 0 atom stereocenters. The van der Waals surface area contributed by atoms with Crippen LogP contribution in [0.25, 0.3) is 0 Å². The van der Waals surface area contributed by atoms with Gasteiger partial charge in [-0.1, -0.05) is 0 Å². The van der Waals surface area contributed by atoms with Gasteiger partial charge in [0, 0.05) is 31.9 Å². The van der Waals surface area contributed by atoms with Crippen LogP contribution in [0, 0.1) is 6.92 Å². The molecule has 0 aliphatic heterocycles.